The summed E-state index contributed by atoms with van der Waals surface area (Å²) in [6, 6.07) is 6.93. The third-order valence-corrected chi connectivity index (χ3v) is 3.76. The number of ether oxygens (including phenoxy) is 1. The van der Waals surface area contributed by atoms with Crippen LogP contribution in [0.4, 0.5) is 0 Å². The Kier molecular flexibility index (Phi) is 3.85. The lowest BCUT2D eigenvalue weighted by Crippen LogP contribution is -2.23. The van der Waals surface area contributed by atoms with Gasteiger partial charge >= 0.3 is 0 Å². The lowest BCUT2D eigenvalue weighted by molar-refractivity contribution is -0.255. The van der Waals surface area contributed by atoms with E-state index in [4.69, 9.17) is 4.74 Å². The number of carboxylic acid groups (broad SMARTS) is 1. The van der Waals surface area contributed by atoms with Gasteiger partial charge in [0.1, 0.15) is 0 Å². The minimum Gasteiger partial charge on any atom is -0.545 e. The topological polar surface area (TPSA) is 49.4 Å². The lowest BCUT2D eigenvalue weighted by Gasteiger charge is -2.12. The SMILES string of the molecule is O=C([O-])c1ccccc1SC[C@@H]1CCCO1. The van der Waals surface area contributed by atoms with Crippen molar-refractivity contribution in [2.75, 3.05) is 12.4 Å². The molecule has 1 heterocycles. The van der Waals surface area contributed by atoms with Crippen molar-refractivity contribution in [2.45, 2.75) is 23.8 Å². The molecule has 0 aromatic heterocycles. The third-order valence-electron chi connectivity index (χ3n) is 2.56. The molecular weight excluding hydrogens is 224 g/mol. The summed E-state index contributed by atoms with van der Waals surface area (Å²) in [6.07, 6.45) is 2.44. The molecule has 0 aliphatic carbocycles. The van der Waals surface area contributed by atoms with Crippen LogP contribution in [0.15, 0.2) is 29.2 Å². The van der Waals surface area contributed by atoms with Gasteiger partial charge in [0.2, 0.25) is 0 Å². The highest BCUT2D eigenvalue weighted by molar-refractivity contribution is 7.99. The Labute approximate surface area is 98.8 Å². The average molecular weight is 237 g/mol. The standard InChI is InChI=1S/C12H14O3S/c13-12(14)10-5-1-2-6-11(10)16-8-9-4-3-7-15-9/h1-2,5-6,9H,3-4,7-8H2,(H,13,14)/p-1/t9-/m0/s1. The Morgan fingerprint density at radius 2 is 2.31 bits per heavy atom. The number of benzene rings is 1. The Bertz CT molecular complexity index is 372. The molecule has 3 nitrogen and oxygen atoms in total. The molecule has 1 aromatic rings. The van der Waals surface area contributed by atoms with Gasteiger partial charge in [-0.15, -0.1) is 11.8 Å². The van der Waals surface area contributed by atoms with Gasteiger partial charge in [-0.25, -0.2) is 0 Å². The summed E-state index contributed by atoms with van der Waals surface area (Å²) in [5.74, 6) is -0.306. The lowest BCUT2D eigenvalue weighted by atomic mass is 10.2. The van der Waals surface area contributed by atoms with E-state index in [2.05, 4.69) is 0 Å². The molecule has 0 amide bonds. The van der Waals surface area contributed by atoms with Crippen molar-refractivity contribution >= 4 is 17.7 Å². The summed E-state index contributed by atoms with van der Waals surface area (Å²) in [5, 5.41) is 10.9. The summed E-state index contributed by atoms with van der Waals surface area (Å²) < 4.78 is 5.49. The predicted molar refractivity (Wildman–Crippen MR) is 60.5 cm³/mol. The molecule has 0 spiro atoms. The second-order valence-electron chi connectivity index (χ2n) is 3.73. The van der Waals surface area contributed by atoms with Crippen LogP contribution in [-0.2, 0) is 4.74 Å². The van der Waals surface area contributed by atoms with Crippen molar-refractivity contribution in [1.29, 1.82) is 0 Å². The van der Waals surface area contributed by atoms with E-state index < -0.39 is 5.97 Å². The molecule has 1 saturated heterocycles. The van der Waals surface area contributed by atoms with E-state index in [-0.39, 0.29) is 11.7 Å². The molecule has 0 N–H and O–H groups in total. The van der Waals surface area contributed by atoms with Crippen molar-refractivity contribution in [2.24, 2.45) is 0 Å². The fraction of sp³-hybridized carbons (Fsp3) is 0.417. The molecule has 4 heteroatoms. The molecule has 0 unspecified atom stereocenters. The van der Waals surface area contributed by atoms with Crippen LogP contribution >= 0.6 is 11.8 Å². The summed E-state index contributed by atoms with van der Waals surface area (Å²) in [4.78, 5) is 11.6. The van der Waals surface area contributed by atoms with Crippen LogP contribution < -0.4 is 5.11 Å². The first-order valence-electron chi connectivity index (χ1n) is 5.32. The monoisotopic (exact) mass is 237 g/mol. The Morgan fingerprint density at radius 1 is 1.50 bits per heavy atom. The fourth-order valence-corrected chi connectivity index (χ4v) is 2.83. The molecule has 1 aliphatic heterocycles. The number of carboxylic acids is 1. The number of thioether (sulfide) groups is 1. The second kappa shape index (κ2) is 5.37. The van der Waals surface area contributed by atoms with Crippen LogP contribution in [0.3, 0.4) is 0 Å². The minimum absolute atomic E-state index is 0.264. The molecule has 1 aromatic carbocycles. The van der Waals surface area contributed by atoms with Gasteiger partial charge in [0.05, 0.1) is 12.1 Å². The van der Waals surface area contributed by atoms with Crippen molar-refractivity contribution in [3.63, 3.8) is 0 Å². The van der Waals surface area contributed by atoms with Crippen LogP contribution in [0.2, 0.25) is 0 Å². The van der Waals surface area contributed by atoms with E-state index in [0.717, 1.165) is 30.1 Å². The summed E-state index contributed by atoms with van der Waals surface area (Å²) in [6.45, 7) is 0.827. The molecule has 16 heavy (non-hydrogen) atoms. The largest absolute Gasteiger partial charge is 0.545 e. The average Bonchev–Trinajstić information content (AvgIpc) is 2.79. The highest BCUT2D eigenvalue weighted by Gasteiger charge is 2.16. The van der Waals surface area contributed by atoms with Gasteiger partial charge in [-0.05, 0) is 18.9 Å². The highest BCUT2D eigenvalue weighted by Crippen LogP contribution is 2.26. The first-order chi connectivity index (χ1) is 7.77. The minimum atomic E-state index is -1.12. The predicted octanol–water partition coefficient (Wildman–Crippen LogP) is 1.32. The van der Waals surface area contributed by atoms with Crippen molar-refractivity contribution in [1.82, 2.24) is 0 Å². The van der Waals surface area contributed by atoms with Crippen molar-refractivity contribution in [3.8, 4) is 0 Å². The van der Waals surface area contributed by atoms with Gasteiger partial charge in [0.25, 0.3) is 0 Å². The molecule has 1 aliphatic rings. The van der Waals surface area contributed by atoms with Gasteiger partial charge in [0, 0.05) is 22.8 Å². The fourth-order valence-electron chi connectivity index (χ4n) is 1.72. The zero-order chi connectivity index (χ0) is 11.4. The first-order valence-corrected chi connectivity index (χ1v) is 6.30. The Hall–Kier alpha value is -1.00. The van der Waals surface area contributed by atoms with Gasteiger partial charge in [-0.3, -0.25) is 0 Å². The molecule has 1 atom stereocenters. The first kappa shape index (κ1) is 11.5. The summed E-state index contributed by atoms with van der Waals surface area (Å²) in [7, 11) is 0. The van der Waals surface area contributed by atoms with E-state index in [0.29, 0.717) is 0 Å². The zero-order valence-electron chi connectivity index (χ0n) is 8.85. The smallest absolute Gasteiger partial charge is 0.0726 e. The van der Waals surface area contributed by atoms with Gasteiger partial charge in [0.15, 0.2) is 0 Å². The molecule has 2 rings (SSSR count). The van der Waals surface area contributed by atoms with Gasteiger partial charge < -0.3 is 14.6 Å². The van der Waals surface area contributed by atoms with Crippen LogP contribution in [0.1, 0.15) is 23.2 Å². The molecule has 0 saturated carbocycles. The molecule has 0 radical (unpaired) electrons. The summed E-state index contributed by atoms with van der Waals surface area (Å²) in [5.41, 5.74) is 0.269. The maximum atomic E-state index is 10.9. The number of hydrogen-bond acceptors (Lipinski definition) is 4. The van der Waals surface area contributed by atoms with Crippen LogP contribution in [0.5, 0.6) is 0 Å². The Balaban J connectivity index is 2.00. The van der Waals surface area contributed by atoms with Crippen LogP contribution in [0, 0.1) is 0 Å². The Morgan fingerprint density at radius 3 is 3.00 bits per heavy atom. The van der Waals surface area contributed by atoms with Gasteiger partial charge in [-0.1, -0.05) is 18.2 Å². The number of aromatic carboxylic acids is 1. The van der Waals surface area contributed by atoms with E-state index in [1.54, 1.807) is 12.1 Å². The second-order valence-corrected chi connectivity index (χ2v) is 4.79. The number of rotatable bonds is 4. The van der Waals surface area contributed by atoms with E-state index in [1.807, 2.05) is 12.1 Å². The maximum absolute atomic E-state index is 10.9. The third kappa shape index (κ3) is 2.77. The number of hydrogen-bond donors (Lipinski definition) is 0. The van der Waals surface area contributed by atoms with E-state index in [9.17, 15) is 9.90 Å². The molecule has 86 valence electrons. The molecule has 0 bridgehead atoms. The van der Waals surface area contributed by atoms with E-state index >= 15 is 0 Å². The number of carbonyl (C=O) groups excluding carboxylic acids is 1. The van der Waals surface area contributed by atoms with Crippen LogP contribution in [0.25, 0.3) is 0 Å². The van der Waals surface area contributed by atoms with Crippen molar-refractivity contribution < 1.29 is 14.6 Å². The van der Waals surface area contributed by atoms with Gasteiger partial charge in [-0.2, -0.15) is 0 Å². The normalized spacial score (nSPS) is 19.9. The number of carbonyl (C=O) groups is 1. The van der Waals surface area contributed by atoms with E-state index in [1.165, 1.54) is 11.8 Å². The molecule has 1 fully saturated rings. The zero-order valence-corrected chi connectivity index (χ0v) is 9.66. The van der Waals surface area contributed by atoms with Crippen LogP contribution in [-0.4, -0.2) is 24.4 Å². The van der Waals surface area contributed by atoms with Crippen molar-refractivity contribution in [3.05, 3.63) is 29.8 Å². The highest BCUT2D eigenvalue weighted by atomic mass is 32.2. The quantitative estimate of drug-likeness (QED) is 0.741. The molecular formula is C12H13O3S-. The maximum Gasteiger partial charge on any atom is 0.0726 e. The summed E-state index contributed by atoms with van der Waals surface area (Å²) >= 11 is 1.53.